The van der Waals surface area contributed by atoms with E-state index in [-0.39, 0.29) is 6.54 Å². The number of imidazole rings is 1. The molecule has 3 aromatic heterocycles. The Kier molecular flexibility index (Phi) is 4.63. The summed E-state index contributed by atoms with van der Waals surface area (Å²) in [7, 11) is 1.81. The van der Waals surface area contributed by atoms with Gasteiger partial charge in [0.25, 0.3) is 5.56 Å². The van der Waals surface area contributed by atoms with Crippen LogP contribution in [0.4, 0.5) is 0 Å². The number of furan rings is 1. The Hall–Kier alpha value is -4.13. The van der Waals surface area contributed by atoms with Gasteiger partial charge in [-0.1, -0.05) is 48.5 Å². The van der Waals surface area contributed by atoms with E-state index < -0.39 is 11.2 Å². The Bertz CT molecular complexity index is 1460. The summed E-state index contributed by atoms with van der Waals surface area (Å²) < 4.78 is 9.94. The smallest absolute Gasteiger partial charge is 0.337 e. The van der Waals surface area contributed by atoms with Gasteiger partial charge in [0, 0.05) is 13.5 Å². The molecule has 0 aliphatic heterocycles. The molecule has 0 amide bonds. The fourth-order valence-corrected chi connectivity index (χ4v) is 3.80. The number of para-hydroxylation sites is 1. The molecule has 0 saturated carbocycles. The molecule has 0 aliphatic carbocycles. The van der Waals surface area contributed by atoms with Gasteiger partial charge in [-0.15, -0.1) is 0 Å². The average molecular weight is 412 g/mol. The zero-order chi connectivity index (χ0) is 21.4. The van der Waals surface area contributed by atoms with Crippen molar-refractivity contribution in [3.63, 3.8) is 0 Å². The molecule has 0 bridgehead atoms. The molecule has 0 aliphatic rings. The molecule has 0 fully saturated rings. The molecule has 5 rings (SSSR count). The number of aromatic nitrogens is 4. The van der Waals surface area contributed by atoms with Crippen LogP contribution in [-0.4, -0.2) is 18.7 Å². The van der Waals surface area contributed by atoms with Crippen LogP contribution in [-0.2, 0) is 20.0 Å². The van der Waals surface area contributed by atoms with Crippen LogP contribution < -0.4 is 11.2 Å². The van der Waals surface area contributed by atoms with Crippen molar-refractivity contribution in [3.05, 3.63) is 117 Å². The predicted octanol–water partition coefficient (Wildman–Crippen LogP) is 3.12. The topological polar surface area (TPSA) is 75.0 Å². The summed E-state index contributed by atoms with van der Waals surface area (Å²) in [6.07, 6.45) is 2.11. The summed E-state index contributed by atoms with van der Waals surface area (Å²) in [5, 5.41) is 0. The van der Waals surface area contributed by atoms with Gasteiger partial charge in [0.1, 0.15) is 11.6 Å². The lowest BCUT2D eigenvalue weighted by Gasteiger charge is -2.11. The van der Waals surface area contributed by atoms with Crippen LogP contribution in [0.2, 0.25) is 0 Å². The fourth-order valence-electron chi connectivity index (χ4n) is 3.80. The minimum atomic E-state index is -0.454. The van der Waals surface area contributed by atoms with Gasteiger partial charge in [0.05, 0.1) is 18.5 Å². The van der Waals surface area contributed by atoms with Crippen LogP contribution in [0.25, 0.3) is 16.9 Å². The molecule has 2 aromatic carbocycles. The first kappa shape index (κ1) is 18.9. The lowest BCUT2D eigenvalue weighted by Crippen LogP contribution is -2.39. The van der Waals surface area contributed by atoms with Crippen LogP contribution in [0.15, 0.2) is 93.1 Å². The maximum atomic E-state index is 13.5. The molecule has 31 heavy (non-hydrogen) atoms. The van der Waals surface area contributed by atoms with Crippen molar-refractivity contribution in [2.75, 3.05) is 0 Å². The van der Waals surface area contributed by atoms with Crippen molar-refractivity contribution < 1.29 is 4.42 Å². The third-order valence-electron chi connectivity index (χ3n) is 5.37. The highest BCUT2D eigenvalue weighted by Crippen LogP contribution is 2.16. The van der Waals surface area contributed by atoms with E-state index in [4.69, 9.17) is 9.40 Å². The van der Waals surface area contributed by atoms with Gasteiger partial charge in [-0.25, -0.2) is 14.3 Å². The van der Waals surface area contributed by atoms with E-state index >= 15 is 0 Å². The van der Waals surface area contributed by atoms with E-state index in [0.717, 1.165) is 5.56 Å². The van der Waals surface area contributed by atoms with Crippen molar-refractivity contribution in [2.24, 2.45) is 7.05 Å². The molecule has 0 saturated heterocycles. The maximum Gasteiger partial charge on any atom is 0.337 e. The number of aryl methyl sites for hydroxylation is 1. The molecular weight excluding hydrogens is 392 g/mol. The monoisotopic (exact) mass is 412 g/mol. The molecule has 5 aromatic rings. The number of hydrogen-bond donors (Lipinski definition) is 0. The third-order valence-corrected chi connectivity index (χ3v) is 5.37. The Morgan fingerprint density at radius 1 is 0.903 bits per heavy atom. The molecule has 0 atom stereocenters. The normalized spacial score (nSPS) is 11.3. The molecule has 0 spiro atoms. The molecule has 0 radical (unpaired) electrons. The van der Waals surface area contributed by atoms with Gasteiger partial charge < -0.3 is 8.98 Å². The van der Waals surface area contributed by atoms with Crippen molar-refractivity contribution in [2.45, 2.75) is 13.0 Å². The van der Waals surface area contributed by atoms with Crippen LogP contribution in [0, 0.1) is 0 Å². The van der Waals surface area contributed by atoms with Crippen LogP contribution >= 0.6 is 0 Å². The molecular formula is C24H20N4O3. The summed E-state index contributed by atoms with van der Waals surface area (Å²) in [4.78, 5) is 31.6. The van der Waals surface area contributed by atoms with Gasteiger partial charge in [-0.3, -0.25) is 9.36 Å². The van der Waals surface area contributed by atoms with E-state index in [0.29, 0.717) is 34.9 Å². The summed E-state index contributed by atoms with van der Waals surface area (Å²) in [6, 6.07) is 22.4. The highest BCUT2D eigenvalue weighted by molar-refractivity contribution is 5.72. The van der Waals surface area contributed by atoms with Crippen molar-refractivity contribution >= 4 is 11.2 Å². The van der Waals surface area contributed by atoms with Crippen molar-refractivity contribution in [1.29, 1.82) is 0 Å². The first-order chi connectivity index (χ1) is 15.1. The predicted molar refractivity (Wildman–Crippen MR) is 118 cm³/mol. The van der Waals surface area contributed by atoms with Crippen LogP contribution in [0.3, 0.4) is 0 Å². The SMILES string of the molecule is Cn1c(Cc2ccccc2)nc2c1c(=O)n(-c1ccccc1)c(=O)n2Cc1ccco1. The number of nitrogens with zero attached hydrogens (tertiary/aromatic N) is 4. The minimum absolute atomic E-state index is 0.178. The maximum absolute atomic E-state index is 13.5. The quantitative estimate of drug-likeness (QED) is 0.445. The first-order valence-electron chi connectivity index (χ1n) is 9.96. The zero-order valence-corrected chi connectivity index (χ0v) is 16.9. The highest BCUT2D eigenvalue weighted by atomic mass is 16.3. The van der Waals surface area contributed by atoms with Crippen LogP contribution in [0.1, 0.15) is 17.1 Å². The number of rotatable bonds is 5. The second-order valence-corrected chi connectivity index (χ2v) is 7.35. The molecule has 0 N–H and O–H groups in total. The van der Waals surface area contributed by atoms with E-state index in [1.807, 2.05) is 43.4 Å². The summed E-state index contributed by atoms with van der Waals surface area (Å²) in [5.41, 5.74) is 1.47. The Balaban J connectivity index is 1.78. The lowest BCUT2D eigenvalue weighted by atomic mass is 10.1. The molecule has 7 nitrogen and oxygen atoms in total. The Labute approximate surface area is 177 Å². The summed E-state index contributed by atoms with van der Waals surface area (Å²) in [6.45, 7) is 0.178. The first-order valence-corrected chi connectivity index (χ1v) is 9.96. The fraction of sp³-hybridized carbons (Fsp3) is 0.125. The second-order valence-electron chi connectivity index (χ2n) is 7.35. The molecule has 3 heterocycles. The number of fused-ring (bicyclic) bond motifs is 1. The summed E-state index contributed by atoms with van der Waals surface area (Å²) >= 11 is 0. The average Bonchev–Trinajstić information content (AvgIpc) is 3.41. The largest absolute Gasteiger partial charge is 0.467 e. The second kappa shape index (κ2) is 7.60. The standard InChI is InChI=1S/C24H20N4O3/c1-26-20(15-17-9-4-2-5-10-17)25-22-21(26)23(29)28(18-11-6-3-7-12-18)24(30)27(22)16-19-13-8-14-31-19/h2-14H,15-16H2,1H3. The van der Waals surface area contributed by atoms with E-state index in [1.165, 1.54) is 9.13 Å². The molecule has 154 valence electrons. The van der Waals surface area contributed by atoms with E-state index in [2.05, 4.69) is 0 Å². The number of hydrogen-bond acceptors (Lipinski definition) is 4. The van der Waals surface area contributed by atoms with Gasteiger partial charge in [0.2, 0.25) is 0 Å². The van der Waals surface area contributed by atoms with Crippen molar-refractivity contribution in [3.8, 4) is 5.69 Å². The van der Waals surface area contributed by atoms with Gasteiger partial charge in [0.15, 0.2) is 11.2 Å². The Morgan fingerprint density at radius 3 is 2.29 bits per heavy atom. The van der Waals surface area contributed by atoms with E-state index in [9.17, 15) is 9.59 Å². The zero-order valence-electron chi connectivity index (χ0n) is 16.9. The molecule has 7 heteroatoms. The van der Waals surface area contributed by atoms with Gasteiger partial charge in [-0.2, -0.15) is 0 Å². The third kappa shape index (κ3) is 3.30. The van der Waals surface area contributed by atoms with E-state index in [1.54, 1.807) is 47.2 Å². The number of benzene rings is 2. The van der Waals surface area contributed by atoms with Crippen molar-refractivity contribution in [1.82, 2.24) is 18.7 Å². The molecule has 0 unspecified atom stereocenters. The Morgan fingerprint density at radius 2 is 1.61 bits per heavy atom. The minimum Gasteiger partial charge on any atom is -0.467 e. The summed E-state index contributed by atoms with van der Waals surface area (Å²) in [5.74, 6) is 1.31. The lowest BCUT2D eigenvalue weighted by molar-refractivity contribution is 0.488. The van der Waals surface area contributed by atoms with Crippen LogP contribution in [0.5, 0.6) is 0 Å². The van der Waals surface area contributed by atoms with Gasteiger partial charge >= 0.3 is 5.69 Å². The van der Waals surface area contributed by atoms with Gasteiger partial charge in [-0.05, 0) is 29.8 Å². The highest BCUT2D eigenvalue weighted by Gasteiger charge is 2.21.